The normalized spacial score (nSPS) is 13.6. The van der Waals surface area contributed by atoms with E-state index >= 15 is 0 Å². The van der Waals surface area contributed by atoms with Crippen LogP contribution in [0.25, 0.3) is 5.76 Å². The van der Waals surface area contributed by atoms with Gasteiger partial charge in [0.2, 0.25) is 8.32 Å². The Morgan fingerprint density at radius 2 is 1.67 bits per heavy atom. The number of rotatable bonds is 3. The van der Waals surface area contributed by atoms with E-state index in [-0.39, 0.29) is 5.04 Å². The zero-order valence-electron chi connectivity index (χ0n) is 12.2. The predicted molar refractivity (Wildman–Crippen MR) is 83.4 cm³/mol. The highest BCUT2D eigenvalue weighted by Gasteiger charge is 2.39. The van der Waals surface area contributed by atoms with Gasteiger partial charge in [-0.15, -0.1) is 0 Å². The van der Waals surface area contributed by atoms with Crippen molar-refractivity contribution in [3.63, 3.8) is 0 Å². The molecule has 0 aromatic heterocycles. The van der Waals surface area contributed by atoms with Gasteiger partial charge < -0.3 is 4.43 Å². The molecule has 0 unspecified atom stereocenters. The SMILES string of the molecule is C/C=C(\O[Si](C)(C)C(C)(C)C)c1ccc(Cl)cc1. The Kier molecular flexibility index (Phi) is 4.68. The lowest BCUT2D eigenvalue weighted by Crippen LogP contribution is -2.40. The van der Waals surface area contributed by atoms with Crippen LogP contribution in [-0.4, -0.2) is 8.32 Å². The van der Waals surface area contributed by atoms with Crippen LogP contribution in [0.3, 0.4) is 0 Å². The predicted octanol–water partition coefficient (Wildman–Crippen LogP) is 5.72. The van der Waals surface area contributed by atoms with Gasteiger partial charge in [0.1, 0.15) is 5.76 Å². The van der Waals surface area contributed by atoms with Gasteiger partial charge in [0, 0.05) is 10.6 Å². The van der Waals surface area contributed by atoms with E-state index in [2.05, 4.69) is 33.9 Å². The zero-order valence-corrected chi connectivity index (χ0v) is 13.9. The van der Waals surface area contributed by atoms with E-state index in [4.69, 9.17) is 16.0 Å². The molecule has 0 aliphatic carbocycles. The van der Waals surface area contributed by atoms with Gasteiger partial charge in [-0.3, -0.25) is 0 Å². The smallest absolute Gasteiger partial charge is 0.250 e. The van der Waals surface area contributed by atoms with Gasteiger partial charge in [0.15, 0.2) is 0 Å². The van der Waals surface area contributed by atoms with Crippen LogP contribution in [0.2, 0.25) is 23.2 Å². The van der Waals surface area contributed by atoms with E-state index in [1.807, 2.05) is 37.3 Å². The van der Waals surface area contributed by atoms with Crippen molar-refractivity contribution in [3.8, 4) is 0 Å². The Hall–Kier alpha value is -0.733. The topological polar surface area (TPSA) is 9.23 Å². The fourth-order valence-corrected chi connectivity index (χ4v) is 2.54. The highest BCUT2D eigenvalue weighted by molar-refractivity contribution is 6.74. The quantitative estimate of drug-likeness (QED) is 0.509. The third-order valence-corrected chi connectivity index (χ3v) is 8.16. The van der Waals surface area contributed by atoms with Crippen molar-refractivity contribution in [1.29, 1.82) is 0 Å². The van der Waals surface area contributed by atoms with Gasteiger partial charge in [-0.2, -0.15) is 0 Å². The molecule has 0 radical (unpaired) electrons. The van der Waals surface area contributed by atoms with Crippen LogP contribution in [-0.2, 0) is 4.43 Å². The molecule has 0 amide bonds. The Labute approximate surface area is 117 Å². The average molecular weight is 283 g/mol. The second-order valence-electron chi connectivity index (χ2n) is 6.02. The molecule has 0 heterocycles. The largest absolute Gasteiger partial charge is 0.543 e. The summed E-state index contributed by atoms with van der Waals surface area (Å²) < 4.78 is 6.33. The van der Waals surface area contributed by atoms with E-state index in [1.165, 1.54) is 0 Å². The first-order chi connectivity index (χ1) is 8.17. The molecule has 18 heavy (non-hydrogen) atoms. The second kappa shape index (κ2) is 5.50. The molecule has 1 rings (SSSR count). The van der Waals surface area contributed by atoms with Gasteiger partial charge in [-0.25, -0.2) is 0 Å². The number of allylic oxidation sites excluding steroid dienone is 1. The van der Waals surface area contributed by atoms with Gasteiger partial charge >= 0.3 is 0 Å². The van der Waals surface area contributed by atoms with Crippen molar-refractivity contribution in [2.75, 3.05) is 0 Å². The zero-order chi connectivity index (χ0) is 14.0. The van der Waals surface area contributed by atoms with E-state index in [0.29, 0.717) is 0 Å². The van der Waals surface area contributed by atoms with Gasteiger partial charge in [-0.1, -0.05) is 32.4 Å². The maximum absolute atomic E-state index is 6.33. The third kappa shape index (κ3) is 3.63. The molecule has 0 aliphatic heterocycles. The highest BCUT2D eigenvalue weighted by atomic mass is 35.5. The maximum Gasteiger partial charge on any atom is 0.250 e. The minimum atomic E-state index is -1.79. The molecular weight excluding hydrogens is 260 g/mol. The standard InChI is InChI=1S/C15H23ClOSi/c1-7-14(12-8-10-13(16)11-9-12)17-18(5,6)15(2,3)4/h7-11H,1-6H3/b14-7-. The van der Waals surface area contributed by atoms with E-state index in [9.17, 15) is 0 Å². The summed E-state index contributed by atoms with van der Waals surface area (Å²) in [6, 6.07) is 7.81. The number of benzene rings is 1. The molecule has 0 N–H and O–H groups in total. The Morgan fingerprint density at radius 1 is 1.17 bits per heavy atom. The number of halogens is 1. The fraction of sp³-hybridized carbons (Fsp3) is 0.467. The van der Waals surface area contributed by atoms with Crippen LogP contribution in [0.15, 0.2) is 30.3 Å². The number of hydrogen-bond donors (Lipinski definition) is 0. The van der Waals surface area contributed by atoms with Crippen molar-refractivity contribution >= 4 is 25.7 Å². The lowest BCUT2D eigenvalue weighted by Gasteiger charge is -2.37. The van der Waals surface area contributed by atoms with Crippen LogP contribution in [0.4, 0.5) is 0 Å². The maximum atomic E-state index is 6.33. The summed E-state index contributed by atoms with van der Waals surface area (Å²) in [5.74, 6) is 0.957. The summed E-state index contributed by atoms with van der Waals surface area (Å²) in [5, 5.41) is 0.953. The fourth-order valence-electron chi connectivity index (χ4n) is 1.33. The molecule has 100 valence electrons. The summed E-state index contributed by atoms with van der Waals surface area (Å²) in [7, 11) is -1.79. The Morgan fingerprint density at radius 3 is 2.06 bits per heavy atom. The Bertz CT molecular complexity index is 427. The minimum Gasteiger partial charge on any atom is -0.543 e. The van der Waals surface area contributed by atoms with Crippen LogP contribution >= 0.6 is 11.6 Å². The van der Waals surface area contributed by atoms with E-state index < -0.39 is 8.32 Å². The molecular formula is C15H23ClOSi. The van der Waals surface area contributed by atoms with Gasteiger partial charge in [0.25, 0.3) is 0 Å². The van der Waals surface area contributed by atoms with Gasteiger partial charge in [0.05, 0.1) is 0 Å². The first-order valence-corrected chi connectivity index (χ1v) is 9.57. The van der Waals surface area contributed by atoms with Crippen LogP contribution in [0, 0.1) is 0 Å². The molecule has 1 aromatic carbocycles. The summed E-state index contributed by atoms with van der Waals surface area (Å²) in [4.78, 5) is 0. The van der Waals surface area contributed by atoms with Crippen molar-refractivity contribution in [3.05, 3.63) is 40.9 Å². The summed E-state index contributed by atoms with van der Waals surface area (Å²) in [6.45, 7) is 13.3. The van der Waals surface area contributed by atoms with Gasteiger partial charge in [-0.05, 0) is 55.4 Å². The molecule has 0 saturated heterocycles. The van der Waals surface area contributed by atoms with Crippen LogP contribution < -0.4 is 0 Å². The molecule has 0 atom stereocenters. The summed E-state index contributed by atoms with van der Waals surface area (Å²) >= 11 is 5.91. The van der Waals surface area contributed by atoms with Crippen molar-refractivity contribution in [2.45, 2.75) is 45.8 Å². The van der Waals surface area contributed by atoms with Crippen LogP contribution in [0.5, 0.6) is 0 Å². The van der Waals surface area contributed by atoms with Crippen molar-refractivity contribution in [1.82, 2.24) is 0 Å². The van der Waals surface area contributed by atoms with Crippen molar-refractivity contribution < 1.29 is 4.43 Å². The van der Waals surface area contributed by atoms with E-state index in [1.54, 1.807) is 0 Å². The summed E-state index contributed by atoms with van der Waals surface area (Å²) in [6.07, 6.45) is 2.03. The molecule has 3 heteroatoms. The molecule has 0 spiro atoms. The second-order valence-corrected chi connectivity index (χ2v) is 11.2. The first kappa shape index (κ1) is 15.3. The minimum absolute atomic E-state index is 0.202. The monoisotopic (exact) mass is 282 g/mol. The van der Waals surface area contributed by atoms with Crippen molar-refractivity contribution in [2.24, 2.45) is 0 Å². The molecule has 0 fully saturated rings. The number of hydrogen-bond acceptors (Lipinski definition) is 1. The lowest BCUT2D eigenvalue weighted by molar-refractivity contribution is 0.457. The Balaban J connectivity index is 2.97. The molecule has 0 aliphatic rings. The molecule has 0 saturated carbocycles. The molecule has 0 bridgehead atoms. The van der Waals surface area contributed by atoms with Crippen LogP contribution in [0.1, 0.15) is 33.3 Å². The molecule has 1 nitrogen and oxygen atoms in total. The molecule has 1 aromatic rings. The third-order valence-electron chi connectivity index (χ3n) is 3.56. The van der Waals surface area contributed by atoms with E-state index in [0.717, 1.165) is 16.3 Å². The first-order valence-electron chi connectivity index (χ1n) is 6.28. The highest BCUT2D eigenvalue weighted by Crippen LogP contribution is 2.39. The summed E-state index contributed by atoms with van der Waals surface area (Å²) in [5.41, 5.74) is 1.09. The average Bonchev–Trinajstić information content (AvgIpc) is 2.25. The lowest BCUT2D eigenvalue weighted by atomic mass is 10.2.